The highest BCUT2D eigenvalue weighted by atomic mass is 19.1. The molecule has 0 bridgehead atoms. The monoisotopic (exact) mass is 352 g/mol. The van der Waals surface area contributed by atoms with E-state index < -0.39 is 5.91 Å². The molecule has 0 fully saturated rings. The van der Waals surface area contributed by atoms with Crippen molar-refractivity contribution in [1.29, 1.82) is 0 Å². The van der Waals surface area contributed by atoms with Crippen molar-refractivity contribution in [1.82, 2.24) is 15.3 Å². The summed E-state index contributed by atoms with van der Waals surface area (Å²) in [5.74, 6) is 0.310. The van der Waals surface area contributed by atoms with Gasteiger partial charge in [0.2, 0.25) is 0 Å². The van der Waals surface area contributed by atoms with E-state index in [0.29, 0.717) is 22.8 Å². The van der Waals surface area contributed by atoms with E-state index in [-0.39, 0.29) is 18.1 Å². The maximum atomic E-state index is 13.6. The summed E-state index contributed by atoms with van der Waals surface area (Å²) in [5, 5.41) is 5.73. The Labute approximate surface area is 150 Å². The number of hydrogen-bond donors (Lipinski definition) is 2. The highest BCUT2D eigenvalue weighted by Crippen LogP contribution is 2.26. The topological polar surface area (TPSA) is 76.1 Å². The molecule has 0 saturated carbocycles. The van der Waals surface area contributed by atoms with Gasteiger partial charge in [0.05, 0.1) is 12.8 Å². The minimum absolute atomic E-state index is 0.0742. The SMILES string of the molecule is COc1ccccc1Nc1cc(C(=O)NCc2ccccc2F)ncn1. The van der Waals surface area contributed by atoms with Gasteiger partial charge in [-0.1, -0.05) is 30.3 Å². The molecule has 1 amide bonds. The third-order valence-electron chi connectivity index (χ3n) is 3.67. The lowest BCUT2D eigenvalue weighted by Gasteiger charge is -2.11. The molecule has 0 spiro atoms. The van der Waals surface area contributed by atoms with E-state index in [0.717, 1.165) is 0 Å². The molecule has 0 aliphatic rings. The highest BCUT2D eigenvalue weighted by Gasteiger charge is 2.11. The van der Waals surface area contributed by atoms with Crippen LogP contribution < -0.4 is 15.4 Å². The number of nitrogens with one attached hydrogen (secondary N) is 2. The van der Waals surface area contributed by atoms with Gasteiger partial charge in [-0.15, -0.1) is 0 Å². The Morgan fingerprint density at radius 1 is 1.12 bits per heavy atom. The molecular formula is C19H17FN4O2. The molecule has 3 rings (SSSR count). The van der Waals surface area contributed by atoms with Crippen LogP contribution in [0.1, 0.15) is 16.1 Å². The lowest BCUT2D eigenvalue weighted by atomic mass is 10.2. The Balaban J connectivity index is 1.70. The average molecular weight is 352 g/mol. The number of hydrogen-bond acceptors (Lipinski definition) is 5. The third-order valence-corrected chi connectivity index (χ3v) is 3.67. The molecule has 1 heterocycles. The number of carbonyl (C=O) groups excluding carboxylic acids is 1. The fourth-order valence-corrected chi connectivity index (χ4v) is 2.34. The molecule has 0 atom stereocenters. The number of para-hydroxylation sites is 2. The first kappa shape index (κ1) is 17.3. The number of anilines is 2. The van der Waals surface area contributed by atoms with Crippen LogP contribution in [0.15, 0.2) is 60.9 Å². The van der Waals surface area contributed by atoms with Gasteiger partial charge in [0, 0.05) is 18.2 Å². The lowest BCUT2D eigenvalue weighted by molar-refractivity contribution is 0.0945. The van der Waals surface area contributed by atoms with E-state index in [2.05, 4.69) is 20.6 Å². The number of halogens is 1. The van der Waals surface area contributed by atoms with Crippen molar-refractivity contribution in [2.45, 2.75) is 6.54 Å². The van der Waals surface area contributed by atoms with Gasteiger partial charge in [-0.05, 0) is 18.2 Å². The van der Waals surface area contributed by atoms with Crippen LogP contribution in [-0.2, 0) is 6.54 Å². The summed E-state index contributed by atoms with van der Waals surface area (Å²) in [7, 11) is 1.57. The number of ether oxygens (including phenoxy) is 1. The first-order chi connectivity index (χ1) is 12.7. The van der Waals surface area contributed by atoms with Crippen molar-refractivity contribution in [3.05, 3.63) is 78.0 Å². The predicted octanol–water partition coefficient (Wildman–Crippen LogP) is 3.30. The second-order valence-corrected chi connectivity index (χ2v) is 5.39. The average Bonchev–Trinajstić information content (AvgIpc) is 2.68. The zero-order chi connectivity index (χ0) is 18.4. The van der Waals surface area contributed by atoms with Crippen molar-refractivity contribution in [2.24, 2.45) is 0 Å². The number of nitrogens with zero attached hydrogens (tertiary/aromatic N) is 2. The molecule has 132 valence electrons. The van der Waals surface area contributed by atoms with Crippen LogP contribution in [0.4, 0.5) is 15.9 Å². The van der Waals surface area contributed by atoms with Crippen LogP contribution in [0.3, 0.4) is 0 Å². The Morgan fingerprint density at radius 2 is 1.88 bits per heavy atom. The highest BCUT2D eigenvalue weighted by molar-refractivity contribution is 5.93. The van der Waals surface area contributed by atoms with Crippen molar-refractivity contribution in [3.63, 3.8) is 0 Å². The zero-order valence-corrected chi connectivity index (χ0v) is 14.1. The maximum Gasteiger partial charge on any atom is 0.270 e. The Bertz CT molecular complexity index is 917. The number of aromatic nitrogens is 2. The van der Waals surface area contributed by atoms with Crippen molar-refractivity contribution in [3.8, 4) is 5.75 Å². The largest absolute Gasteiger partial charge is 0.495 e. The number of carbonyl (C=O) groups is 1. The summed E-state index contributed by atoms with van der Waals surface area (Å²) < 4.78 is 18.9. The summed E-state index contributed by atoms with van der Waals surface area (Å²) in [5.41, 5.74) is 1.29. The molecule has 7 heteroatoms. The van der Waals surface area contributed by atoms with Gasteiger partial charge in [0.25, 0.3) is 5.91 Å². The van der Waals surface area contributed by atoms with Gasteiger partial charge >= 0.3 is 0 Å². The van der Waals surface area contributed by atoms with E-state index in [9.17, 15) is 9.18 Å². The molecule has 2 N–H and O–H groups in total. The fourth-order valence-electron chi connectivity index (χ4n) is 2.34. The van der Waals surface area contributed by atoms with Gasteiger partial charge in [-0.25, -0.2) is 14.4 Å². The molecule has 6 nitrogen and oxygen atoms in total. The smallest absolute Gasteiger partial charge is 0.270 e. The van der Waals surface area contributed by atoms with E-state index >= 15 is 0 Å². The number of methoxy groups -OCH3 is 1. The number of rotatable bonds is 6. The number of amides is 1. The second-order valence-electron chi connectivity index (χ2n) is 5.39. The van der Waals surface area contributed by atoms with E-state index in [4.69, 9.17) is 4.74 Å². The van der Waals surface area contributed by atoms with Crippen LogP contribution in [0, 0.1) is 5.82 Å². The van der Waals surface area contributed by atoms with Gasteiger partial charge < -0.3 is 15.4 Å². The fraction of sp³-hybridized carbons (Fsp3) is 0.105. The summed E-state index contributed by atoms with van der Waals surface area (Å²) in [4.78, 5) is 20.4. The van der Waals surface area contributed by atoms with Gasteiger partial charge in [0.15, 0.2) is 0 Å². The molecule has 3 aromatic rings. The van der Waals surface area contributed by atoms with Crippen molar-refractivity contribution >= 4 is 17.4 Å². The molecule has 0 aliphatic carbocycles. The third kappa shape index (κ3) is 4.13. The Kier molecular flexibility index (Phi) is 5.38. The zero-order valence-electron chi connectivity index (χ0n) is 14.1. The van der Waals surface area contributed by atoms with Crippen LogP contribution in [-0.4, -0.2) is 23.0 Å². The molecule has 0 aliphatic heterocycles. The van der Waals surface area contributed by atoms with Gasteiger partial charge in [0.1, 0.15) is 29.4 Å². The van der Waals surface area contributed by atoms with Crippen LogP contribution in [0.5, 0.6) is 5.75 Å². The minimum Gasteiger partial charge on any atom is -0.495 e. The van der Waals surface area contributed by atoms with Crippen LogP contribution in [0.2, 0.25) is 0 Å². The molecule has 0 radical (unpaired) electrons. The maximum absolute atomic E-state index is 13.6. The Morgan fingerprint density at radius 3 is 2.69 bits per heavy atom. The quantitative estimate of drug-likeness (QED) is 0.712. The van der Waals surface area contributed by atoms with E-state index in [1.807, 2.05) is 24.3 Å². The van der Waals surface area contributed by atoms with Crippen LogP contribution in [0.25, 0.3) is 0 Å². The molecular weight excluding hydrogens is 335 g/mol. The lowest BCUT2D eigenvalue weighted by Crippen LogP contribution is -2.24. The molecule has 0 unspecified atom stereocenters. The minimum atomic E-state index is -0.418. The molecule has 1 aromatic heterocycles. The summed E-state index contributed by atoms with van der Waals surface area (Å²) in [6.45, 7) is 0.0742. The van der Waals surface area contributed by atoms with Gasteiger partial charge in [-0.3, -0.25) is 4.79 Å². The van der Waals surface area contributed by atoms with Crippen LogP contribution >= 0.6 is 0 Å². The molecule has 2 aromatic carbocycles. The normalized spacial score (nSPS) is 10.2. The standard InChI is InChI=1S/C19H17FN4O2/c1-26-17-9-5-4-8-15(17)24-18-10-16(22-12-23-18)19(25)21-11-13-6-2-3-7-14(13)20/h2-10,12H,11H2,1H3,(H,21,25)(H,22,23,24). The summed E-state index contributed by atoms with van der Waals surface area (Å²) in [6, 6.07) is 15.1. The first-order valence-electron chi connectivity index (χ1n) is 7.91. The van der Waals surface area contributed by atoms with E-state index in [1.54, 1.807) is 25.3 Å². The summed E-state index contributed by atoms with van der Waals surface area (Å²) >= 11 is 0. The number of benzene rings is 2. The van der Waals surface area contributed by atoms with Gasteiger partial charge in [-0.2, -0.15) is 0 Å². The first-order valence-corrected chi connectivity index (χ1v) is 7.91. The Hall–Kier alpha value is -3.48. The van der Waals surface area contributed by atoms with E-state index in [1.165, 1.54) is 18.5 Å². The summed E-state index contributed by atoms with van der Waals surface area (Å²) in [6.07, 6.45) is 1.29. The molecule has 26 heavy (non-hydrogen) atoms. The molecule has 0 saturated heterocycles. The van der Waals surface area contributed by atoms with Crippen molar-refractivity contribution < 1.29 is 13.9 Å². The predicted molar refractivity (Wildman–Crippen MR) is 95.9 cm³/mol. The second kappa shape index (κ2) is 8.06. The van der Waals surface area contributed by atoms with Crippen molar-refractivity contribution in [2.75, 3.05) is 12.4 Å².